The quantitative estimate of drug-likeness (QED) is 0.907. The fraction of sp³-hybridized carbons (Fsp3) is 0.450. The molecule has 0 amide bonds. The van der Waals surface area contributed by atoms with E-state index in [1.54, 1.807) is 6.92 Å². The zero-order chi connectivity index (χ0) is 17.4. The van der Waals surface area contributed by atoms with E-state index in [9.17, 15) is 4.79 Å². The van der Waals surface area contributed by atoms with Gasteiger partial charge in [-0.1, -0.05) is 30.3 Å². The Hall–Kier alpha value is -2.11. The molecule has 5 heteroatoms. The molecule has 1 N–H and O–H groups in total. The molecule has 1 aromatic heterocycles. The molecule has 0 bridgehead atoms. The highest BCUT2D eigenvalue weighted by Crippen LogP contribution is 2.33. The van der Waals surface area contributed by atoms with Crippen molar-refractivity contribution in [1.29, 1.82) is 0 Å². The van der Waals surface area contributed by atoms with E-state index in [0.717, 1.165) is 25.4 Å². The molecule has 2 aliphatic rings. The van der Waals surface area contributed by atoms with Crippen LogP contribution in [0.4, 0.5) is 0 Å². The van der Waals surface area contributed by atoms with Crippen LogP contribution in [0.15, 0.2) is 40.8 Å². The molecule has 2 saturated heterocycles. The predicted octanol–water partition coefficient (Wildman–Crippen LogP) is 2.99. The molecule has 5 nitrogen and oxygen atoms in total. The highest BCUT2D eigenvalue weighted by molar-refractivity contribution is 5.86. The van der Waals surface area contributed by atoms with Crippen LogP contribution in [0.1, 0.15) is 33.9 Å². The van der Waals surface area contributed by atoms with Gasteiger partial charge in [-0.15, -0.1) is 0 Å². The highest BCUT2D eigenvalue weighted by atomic mass is 16.4. The first-order valence-corrected chi connectivity index (χ1v) is 8.93. The van der Waals surface area contributed by atoms with E-state index in [1.165, 1.54) is 18.5 Å². The predicted molar refractivity (Wildman–Crippen MR) is 94.4 cm³/mol. The van der Waals surface area contributed by atoms with Gasteiger partial charge in [0.25, 0.3) is 0 Å². The van der Waals surface area contributed by atoms with Gasteiger partial charge in [0.2, 0.25) is 5.76 Å². The van der Waals surface area contributed by atoms with Gasteiger partial charge in [0.15, 0.2) is 0 Å². The fourth-order valence-electron chi connectivity index (χ4n) is 4.34. The Morgan fingerprint density at radius 2 is 2.04 bits per heavy atom. The number of rotatable bonds is 5. The highest BCUT2D eigenvalue weighted by Gasteiger charge is 2.41. The van der Waals surface area contributed by atoms with Crippen molar-refractivity contribution in [2.75, 3.05) is 19.6 Å². The van der Waals surface area contributed by atoms with Gasteiger partial charge in [-0.3, -0.25) is 9.80 Å². The zero-order valence-electron chi connectivity index (χ0n) is 14.5. The van der Waals surface area contributed by atoms with Gasteiger partial charge in [-0.25, -0.2) is 4.79 Å². The first-order chi connectivity index (χ1) is 12.1. The van der Waals surface area contributed by atoms with Crippen LogP contribution < -0.4 is 0 Å². The standard InChI is InChI=1S/C20H24N2O3/c1-14-9-17(25-19(14)20(23)24)12-21-11-16-7-8-22(18(16)13-21)10-15-5-3-2-4-6-15/h2-6,9,16,18H,7-8,10-13H2,1H3,(H,23,24)/t16-,18+/m0/s1. The summed E-state index contributed by atoms with van der Waals surface area (Å²) in [6, 6.07) is 13.1. The average molecular weight is 340 g/mol. The molecule has 0 radical (unpaired) electrons. The minimum Gasteiger partial charge on any atom is -0.475 e. The summed E-state index contributed by atoms with van der Waals surface area (Å²) >= 11 is 0. The number of carbonyl (C=O) groups is 1. The van der Waals surface area contributed by atoms with Crippen LogP contribution in [0.2, 0.25) is 0 Å². The van der Waals surface area contributed by atoms with Crippen molar-refractivity contribution in [3.8, 4) is 0 Å². The van der Waals surface area contributed by atoms with E-state index in [-0.39, 0.29) is 5.76 Å². The molecule has 2 fully saturated rings. The second-order valence-electron chi connectivity index (χ2n) is 7.30. The Morgan fingerprint density at radius 3 is 2.76 bits per heavy atom. The fourth-order valence-corrected chi connectivity index (χ4v) is 4.34. The SMILES string of the molecule is Cc1cc(CN2C[C@@H]3CCN(Cc4ccccc4)[C@@H]3C2)oc1C(=O)O. The Kier molecular flexibility index (Phi) is 4.36. The molecule has 132 valence electrons. The van der Waals surface area contributed by atoms with Crippen molar-refractivity contribution in [2.24, 2.45) is 5.92 Å². The molecule has 0 saturated carbocycles. The topological polar surface area (TPSA) is 56.9 Å². The maximum atomic E-state index is 11.1. The van der Waals surface area contributed by atoms with Gasteiger partial charge in [0, 0.05) is 31.2 Å². The van der Waals surface area contributed by atoms with E-state index < -0.39 is 5.97 Å². The number of carboxylic acid groups (broad SMARTS) is 1. The average Bonchev–Trinajstić information content (AvgIpc) is 3.25. The second-order valence-corrected chi connectivity index (χ2v) is 7.30. The third-order valence-electron chi connectivity index (χ3n) is 5.51. The molecule has 3 heterocycles. The van der Waals surface area contributed by atoms with Crippen LogP contribution in [-0.2, 0) is 13.1 Å². The largest absolute Gasteiger partial charge is 0.475 e. The van der Waals surface area contributed by atoms with E-state index in [4.69, 9.17) is 9.52 Å². The molecule has 2 aliphatic heterocycles. The summed E-state index contributed by atoms with van der Waals surface area (Å²) in [7, 11) is 0. The Balaban J connectivity index is 1.39. The van der Waals surface area contributed by atoms with Crippen LogP contribution in [0, 0.1) is 12.8 Å². The number of hydrogen-bond acceptors (Lipinski definition) is 4. The summed E-state index contributed by atoms with van der Waals surface area (Å²) in [4.78, 5) is 16.1. The lowest BCUT2D eigenvalue weighted by Crippen LogP contribution is -2.34. The second kappa shape index (κ2) is 6.65. The van der Waals surface area contributed by atoms with E-state index in [0.29, 0.717) is 24.1 Å². The van der Waals surface area contributed by atoms with Gasteiger partial charge < -0.3 is 9.52 Å². The molecule has 0 unspecified atom stereocenters. The molecule has 4 rings (SSSR count). The summed E-state index contributed by atoms with van der Waals surface area (Å²) in [5.74, 6) is 0.541. The molecule has 2 aromatic rings. The van der Waals surface area contributed by atoms with Crippen molar-refractivity contribution in [1.82, 2.24) is 9.80 Å². The van der Waals surface area contributed by atoms with Gasteiger partial charge in [-0.2, -0.15) is 0 Å². The van der Waals surface area contributed by atoms with Gasteiger partial charge in [0.05, 0.1) is 6.54 Å². The number of fused-ring (bicyclic) bond motifs is 1. The number of hydrogen-bond donors (Lipinski definition) is 1. The summed E-state index contributed by atoms with van der Waals surface area (Å²) in [6.07, 6.45) is 1.24. The minimum atomic E-state index is -0.990. The summed E-state index contributed by atoms with van der Waals surface area (Å²) < 4.78 is 5.53. The first kappa shape index (κ1) is 16.4. The van der Waals surface area contributed by atoms with Crippen molar-refractivity contribution < 1.29 is 14.3 Å². The lowest BCUT2D eigenvalue weighted by molar-refractivity contribution is 0.0657. The Labute approximate surface area is 147 Å². The first-order valence-electron chi connectivity index (χ1n) is 8.93. The normalized spacial score (nSPS) is 23.9. The lowest BCUT2D eigenvalue weighted by atomic mass is 10.0. The number of carboxylic acids is 1. The van der Waals surface area contributed by atoms with Gasteiger partial charge in [-0.05, 0) is 37.4 Å². The number of aryl methyl sites for hydroxylation is 1. The third kappa shape index (κ3) is 3.34. The Morgan fingerprint density at radius 1 is 1.24 bits per heavy atom. The van der Waals surface area contributed by atoms with E-state index >= 15 is 0 Å². The number of likely N-dealkylation sites (tertiary alicyclic amines) is 2. The summed E-state index contributed by atoms with van der Waals surface area (Å²) in [5, 5.41) is 9.13. The van der Waals surface area contributed by atoms with Crippen LogP contribution in [0.5, 0.6) is 0 Å². The van der Waals surface area contributed by atoms with E-state index in [2.05, 4.69) is 40.1 Å². The van der Waals surface area contributed by atoms with E-state index in [1.807, 2.05) is 6.07 Å². The number of aromatic carboxylic acids is 1. The number of furan rings is 1. The number of nitrogens with zero attached hydrogens (tertiary/aromatic N) is 2. The molecular formula is C20H24N2O3. The van der Waals surface area contributed by atoms with Gasteiger partial charge in [0.1, 0.15) is 5.76 Å². The monoisotopic (exact) mass is 340 g/mol. The third-order valence-corrected chi connectivity index (χ3v) is 5.51. The molecule has 2 atom stereocenters. The van der Waals surface area contributed by atoms with Crippen molar-refractivity contribution >= 4 is 5.97 Å². The maximum absolute atomic E-state index is 11.1. The van der Waals surface area contributed by atoms with Gasteiger partial charge >= 0.3 is 5.97 Å². The molecule has 0 spiro atoms. The van der Waals surface area contributed by atoms with Crippen molar-refractivity contribution in [3.05, 3.63) is 59.0 Å². The lowest BCUT2D eigenvalue weighted by Gasteiger charge is -2.24. The number of benzene rings is 1. The molecule has 0 aliphatic carbocycles. The van der Waals surface area contributed by atoms with Crippen LogP contribution in [0.3, 0.4) is 0 Å². The van der Waals surface area contributed by atoms with Crippen LogP contribution in [0.25, 0.3) is 0 Å². The van der Waals surface area contributed by atoms with Crippen LogP contribution in [-0.4, -0.2) is 46.6 Å². The van der Waals surface area contributed by atoms with Crippen molar-refractivity contribution in [3.63, 3.8) is 0 Å². The minimum absolute atomic E-state index is 0.0695. The summed E-state index contributed by atoms with van der Waals surface area (Å²) in [6.45, 7) is 6.76. The zero-order valence-corrected chi connectivity index (χ0v) is 14.5. The molecule has 25 heavy (non-hydrogen) atoms. The maximum Gasteiger partial charge on any atom is 0.372 e. The van der Waals surface area contributed by atoms with Crippen molar-refractivity contribution in [2.45, 2.75) is 32.5 Å². The summed E-state index contributed by atoms with van der Waals surface area (Å²) in [5.41, 5.74) is 2.07. The Bertz CT molecular complexity index is 756. The molecular weight excluding hydrogens is 316 g/mol. The smallest absolute Gasteiger partial charge is 0.372 e. The van der Waals surface area contributed by atoms with Crippen LogP contribution >= 0.6 is 0 Å². The molecule has 1 aromatic carbocycles.